The maximum atomic E-state index is 5.49. The monoisotopic (exact) mass is 481 g/mol. The minimum atomic E-state index is 0. The van der Waals surface area contributed by atoms with Crippen LogP contribution in [0.15, 0.2) is 4.99 Å². The summed E-state index contributed by atoms with van der Waals surface area (Å²) in [6.45, 7) is 16.2. The summed E-state index contributed by atoms with van der Waals surface area (Å²) in [6, 6.07) is 0.519. The summed E-state index contributed by atoms with van der Waals surface area (Å²) in [7, 11) is 1.86. The van der Waals surface area contributed by atoms with Crippen LogP contribution >= 0.6 is 24.0 Å². The summed E-state index contributed by atoms with van der Waals surface area (Å²) in [6.07, 6.45) is 2.72. The molecule has 2 fully saturated rings. The molecular weight excluding hydrogens is 441 g/mol. The molecule has 7 heteroatoms. The Balaban J connectivity index is 0.00000338. The van der Waals surface area contributed by atoms with Crippen LogP contribution in [0.3, 0.4) is 0 Å². The smallest absolute Gasteiger partial charge is 0.191 e. The Bertz CT molecular complexity index is 401. The maximum Gasteiger partial charge on any atom is 0.191 e. The number of aliphatic imine (C=N–C) groups is 1. The van der Waals surface area contributed by atoms with Gasteiger partial charge >= 0.3 is 0 Å². The van der Waals surface area contributed by atoms with E-state index in [4.69, 9.17) is 4.74 Å². The zero-order valence-corrected chi connectivity index (χ0v) is 19.5. The zero-order chi connectivity index (χ0) is 18.1. The molecule has 0 aromatic heterocycles. The minimum Gasteiger partial charge on any atom is -0.379 e. The number of nitrogens with zero attached hydrogens (tertiary/aromatic N) is 3. The number of likely N-dealkylation sites (tertiary alicyclic amines) is 1. The standard InChI is InChI=1S/C19H39N5O.HI/c1-16(2)18(24-10-12-25-13-11-24)14-22-19(20-4)21-7-9-23-8-5-6-17(3)15-23;/h16-18H,5-15H2,1-4H3,(H2,20,21,22);1H. The predicted octanol–water partition coefficient (Wildman–Crippen LogP) is 1.86. The molecule has 2 rings (SSSR count). The lowest BCUT2D eigenvalue weighted by atomic mass is 10.0. The molecular formula is C19H40IN5O. The minimum absolute atomic E-state index is 0. The molecule has 0 radical (unpaired) electrons. The number of piperidine rings is 1. The summed E-state index contributed by atoms with van der Waals surface area (Å²) in [5.41, 5.74) is 0. The molecule has 0 amide bonds. The predicted molar refractivity (Wildman–Crippen MR) is 121 cm³/mol. The van der Waals surface area contributed by atoms with Gasteiger partial charge in [0.2, 0.25) is 0 Å². The van der Waals surface area contributed by atoms with Gasteiger partial charge in [-0.2, -0.15) is 0 Å². The van der Waals surface area contributed by atoms with Gasteiger partial charge < -0.3 is 20.3 Å². The van der Waals surface area contributed by atoms with Crippen molar-refractivity contribution in [2.24, 2.45) is 16.8 Å². The molecule has 0 bridgehead atoms. The van der Waals surface area contributed by atoms with Crippen molar-refractivity contribution < 1.29 is 4.74 Å². The third-order valence-corrected chi connectivity index (χ3v) is 5.45. The van der Waals surface area contributed by atoms with Gasteiger partial charge in [0.25, 0.3) is 0 Å². The van der Waals surface area contributed by atoms with E-state index in [1.165, 1.54) is 25.9 Å². The van der Waals surface area contributed by atoms with Crippen LogP contribution in [0.4, 0.5) is 0 Å². The first-order valence-corrected chi connectivity index (χ1v) is 10.1. The fraction of sp³-hybridized carbons (Fsp3) is 0.947. The largest absolute Gasteiger partial charge is 0.379 e. The number of rotatable bonds is 7. The van der Waals surface area contributed by atoms with E-state index in [0.717, 1.165) is 57.8 Å². The van der Waals surface area contributed by atoms with Gasteiger partial charge in [0.1, 0.15) is 0 Å². The molecule has 2 aliphatic heterocycles. The van der Waals surface area contributed by atoms with Crippen molar-refractivity contribution in [3.63, 3.8) is 0 Å². The van der Waals surface area contributed by atoms with Crippen molar-refractivity contribution in [2.75, 3.05) is 66.1 Å². The molecule has 0 spiro atoms. The van der Waals surface area contributed by atoms with Crippen molar-refractivity contribution in [2.45, 2.75) is 39.7 Å². The summed E-state index contributed by atoms with van der Waals surface area (Å²) < 4.78 is 5.49. The molecule has 2 N–H and O–H groups in total. The van der Waals surface area contributed by atoms with Crippen molar-refractivity contribution in [1.29, 1.82) is 0 Å². The maximum absolute atomic E-state index is 5.49. The summed E-state index contributed by atoms with van der Waals surface area (Å²) in [5, 5.41) is 7.02. The number of morpholine rings is 1. The van der Waals surface area contributed by atoms with Gasteiger partial charge in [0, 0.05) is 52.4 Å². The first-order valence-electron chi connectivity index (χ1n) is 10.1. The fourth-order valence-corrected chi connectivity index (χ4v) is 3.94. The molecule has 26 heavy (non-hydrogen) atoms. The van der Waals surface area contributed by atoms with E-state index in [1.54, 1.807) is 0 Å². The number of nitrogens with one attached hydrogen (secondary N) is 2. The van der Waals surface area contributed by atoms with Crippen LogP contribution in [-0.2, 0) is 4.74 Å². The molecule has 6 nitrogen and oxygen atoms in total. The van der Waals surface area contributed by atoms with Crippen molar-refractivity contribution >= 4 is 29.9 Å². The van der Waals surface area contributed by atoms with Crippen LogP contribution in [0.5, 0.6) is 0 Å². The lowest BCUT2D eigenvalue weighted by Crippen LogP contribution is -2.53. The van der Waals surface area contributed by atoms with E-state index >= 15 is 0 Å². The zero-order valence-electron chi connectivity index (χ0n) is 17.2. The third kappa shape index (κ3) is 8.27. The van der Waals surface area contributed by atoms with Gasteiger partial charge in [-0.1, -0.05) is 20.8 Å². The SMILES string of the molecule is CN=C(NCCN1CCCC(C)C1)NCC(C(C)C)N1CCOCC1.I. The van der Waals surface area contributed by atoms with Crippen LogP contribution in [0.2, 0.25) is 0 Å². The number of guanidine groups is 1. The fourth-order valence-electron chi connectivity index (χ4n) is 3.94. The van der Waals surface area contributed by atoms with E-state index in [2.05, 4.69) is 46.2 Å². The van der Waals surface area contributed by atoms with Crippen LogP contribution in [0.25, 0.3) is 0 Å². The van der Waals surface area contributed by atoms with Gasteiger partial charge in [-0.15, -0.1) is 24.0 Å². The highest BCUT2D eigenvalue weighted by molar-refractivity contribution is 14.0. The highest BCUT2D eigenvalue weighted by Gasteiger charge is 2.24. The molecule has 2 aliphatic rings. The molecule has 154 valence electrons. The Morgan fingerprint density at radius 1 is 1.19 bits per heavy atom. The number of halogens is 1. The highest BCUT2D eigenvalue weighted by Crippen LogP contribution is 2.14. The van der Waals surface area contributed by atoms with E-state index in [9.17, 15) is 0 Å². The average Bonchev–Trinajstić information content (AvgIpc) is 2.61. The topological polar surface area (TPSA) is 52.1 Å². The van der Waals surface area contributed by atoms with Crippen LogP contribution in [0.1, 0.15) is 33.6 Å². The first kappa shape index (κ1) is 23.9. The Labute approximate surface area is 177 Å². The van der Waals surface area contributed by atoms with Gasteiger partial charge in [-0.05, 0) is 31.2 Å². The van der Waals surface area contributed by atoms with Crippen LogP contribution < -0.4 is 10.6 Å². The number of hydrogen-bond acceptors (Lipinski definition) is 4. The normalized spacial score (nSPS) is 24.2. The molecule has 2 heterocycles. The van der Waals surface area contributed by atoms with Crippen LogP contribution in [0, 0.1) is 11.8 Å². The summed E-state index contributed by atoms with van der Waals surface area (Å²) >= 11 is 0. The molecule has 0 saturated carbocycles. The van der Waals surface area contributed by atoms with Crippen molar-refractivity contribution in [1.82, 2.24) is 20.4 Å². The second-order valence-electron chi connectivity index (χ2n) is 7.89. The van der Waals surface area contributed by atoms with Gasteiger partial charge in [-0.3, -0.25) is 9.89 Å². The lowest BCUT2D eigenvalue weighted by molar-refractivity contribution is 0.00752. The average molecular weight is 481 g/mol. The summed E-state index contributed by atoms with van der Waals surface area (Å²) in [4.78, 5) is 9.51. The highest BCUT2D eigenvalue weighted by atomic mass is 127. The van der Waals surface area contributed by atoms with Crippen molar-refractivity contribution in [3.8, 4) is 0 Å². The van der Waals surface area contributed by atoms with Gasteiger partial charge in [0.15, 0.2) is 5.96 Å². The molecule has 2 unspecified atom stereocenters. The first-order chi connectivity index (χ1) is 12.1. The Morgan fingerprint density at radius 3 is 2.54 bits per heavy atom. The molecule has 2 saturated heterocycles. The summed E-state index contributed by atoms with van der Waals surface area (Å²) in [5.74, 6) is 2.37. The van der Waals surface area contributed by atoms with Crippen LogP contribution in [-0.4, -0.2) is 87.9 Å². The van der Waals surface area contributed by atoms with Gasteiger partial charge in [-0.25, -0.2) is 0 Å². The lowest BCUT2D eigenvalue weighted by Gasteiger charge is -2.37. The van der Waals surface area contributed by atoms with Gasteiger partial charge in [0.05, 0.1) is 13.2 Å². The molecule has 2 atom stereocenters. The van der Waals surface area contributed by atoms with E-state index in [1.807, 2.05) is 7.05 Å². The molecule has 0 aromatic carbocycles. The quantitative estimate of drug-likeness (QED) is 0.331. The Morgan fingerprint density at radius 2 is 1.92 bits per heavy atom. The number of ether oxygens (including phenoxy) is 1. The van der Waals surface area contributed by atoms with Crippen molar-refractivity contribution in [3.05, 3.63) is 0 Å². The third-order valence-electron chi connectivity index (χ3n) is 5.45. The molecule has 0 aliphatic carbocycles. The number of hydrogen-bond donors (Lipinski definition) is 2. The van der Waals surface area contributed by atoms with E-state index < -0.39 is 0 Å². The van der Waals surface area contributed by atoms with E-state index in [-0.39, 0.29) is 24.0 Å². The van der Waals surface area contributed by atoms with E-state index in [0.29, 0.717) is 12.0 Å². The second kappa shape index (κ2) is 13.1. The molecule has 0 aromatic rings. The second-order valence-corrected chi connectivity index (χ2v) is 7.89. The Hall–Kier alpha value is -0.120. The Kier molecular flexibility index (Phi) is 12.1.